The van der Waals surface area contributed by atoms with Crippen molar-refractivity contribution in [1.82, 2.24) is 9.78 Å². The zero-order valence-electron chi connectivity index (χ0n) is 8.62. The molecular formula is C9H18N4. The summed E-state index contributed by atoms with van der Waals surface area (Å²) in [5, 5.41) is 4.28. The second-order valence-corrected chi connectivity index (χ2v) is 3.36. The molecule has 4 heteroatoms. The van der Waals surface area contributed by atoms with Gasteiger partial charge in [-0.15, -0.1) is 0 Å². The van der Waals surface area contributed by atoms with Crippen LogP contribution in [0.3, 0.4) is 0 Å². The van der Waals surface area contributed by atoms with E-state index in [9.17, 15) is 0 Å². The summed E-state index contributed by atoms with van der Waals surface area (Å²) < 4.78 is 1.74. The van der Waals surface area contributed by atoms with Gasteiger partial charge in [0.15, 0.2) is 5.82 Å². The van der Waals surface area contributed by atoms with Crippen molar-refractivity contribution >= 4 is 11.5 Å². The van der Waals surface area contributed by atoms with Crippen LogP contribution in [0.2, 0.25) is 0 Å². The standard InChI is InChI=1S/C9H18N4/c1-4-5-6-12(2)9-8(10)7-13(3)11-9/h7H,4-6,10H2,1-3H3. The van der Waals surface area contributed by atoms with Crippen LogP contribution in [-0.2, 0) is 7.05 Å². The third-order valence-corrected chi connectivity index (χ3v) is 2.05. The maximum atomic E-state index is 5.79. The van der Waals surface area contributed by atoms with Crippen molar-refractivity contribution in [3.63, 3.8) is 0 Å². The van der Waals surface area contributed by atoms with Crippen LogP contribution in [0, 0.1) is 0 Å². The molecule has 0 aliphatic heterocycles. The van der Waals surface area contributed by atoms with E-state index in [1.165, 1.54) is 12.8 Å². The summed E-state index contributed by atoms with van der Waals surface area (Å²) in [5.74, 6) is 0.885. The Morgan fingerprint density at radius 3 is 2.77 bits per heavy atom. The van der Waals surface area contributed by atoms with E-state index in [0.29, 0.717) is 0 Å². The molecule has 1 heterocycles. The van der Waals surface area contributed by atoms with Gasteiger partial charge < -0.3 is 10.6 Å². The topological polar surface area (TPSA) is 47.1 Å². The monoisotopic (exact) mass is 182 g/mol. The molecule has 0 fully saturated rings. The Morgan fingerprint density at radius 1 is 1.62 bits per heavy atom. The Balaban J connectivity index is 2.64. The lowest BCUT2D eigenvalue weighted by Gasteiger charge is -2.15. The second-order valence-electron chi connectivity index (χ2n) is 3.36. The molecule has 13 heavy (non-hydrogen) atoms. The third kappa shape index (κ3) is 2.37. The van der Waals surface area contributed by atoms with Crippen LogP contribution >= 0.6 is 0 Å². The van der Waals surface area contributed by atoms with Gasteiger partial charge in [-0.1, -0.05) is 13.3 Å². The molecule has 0 spiro atoms. The largest absolute Gasteiger partial charge is 0.394 e. The smallest absolute Gasteiger partial charge is 0.173 e. The fraction of sp³-hybridized carbons (Fsp3) is 0.667. The molecule has 0 bridgehead atoms. The average molecular weight is 182 g/mol. The summed E-state index contributed by atoms with van der Waals surface area (Å²) in [5.41, 5.74) is 6.54. The number of aryl methyl sites for hydroxylation is 1. The van der Waals surface area contributed by atoms with Gasteiger partial charge in [-0.05, 0) is 6.42 Å². The van der Waals surface area contributed by atoms with Crippen LogP contribution in [0.4, 0.5) is 11.5 Å². The predicted molar refractivity (Wildman–Crippen MR) is 55.8 cm³/mol. The highest BCUT2D eigenvalue weighted by Crippen LogP contribution is 2.18. The van der Waals surface area contributed by atoms with Crippen molar-refractivity contribution in [1.29, 1.82) is 0 Å². The number of rotatable bonds is 4. The van der Waals surface area contributed by atoms with Crippen LogP contribution in [0.25, 0.3) is 0 Å². The number of nitrogens with two attached hydrogens (primary N) is 1. The number of unbranched alkanes of at least 4 members (excludes halogenated alkanes) is 1. The highest BCUT2D eigenvalue weighted by atomic mass is 15.3. The van der Waals surface area contributed by atoms with E-state index in [-0.39, 0.29) is 0 Å². The Bertz CT molecular complexity index is 267. The Morgan fingerprint density at radius 2 is 2.31 bits per heavy atom. The van der Waals surface area contributed by atoms with Crippen molar-refractivity contribution in [2.24, 2.45) is 7.05 Å². The number of nitrogen functional groups attached to an aromatic ring is 1. The molecule has 0 saturated heterocycles. The molecule has 0 aliphatic rings. The maximum absolute atomic E-state index is 5.79. The van der Waals surface area contributed by atoms with Crippen LogP contribution in [-0.4, -0.2) is 23.4 Å². The number of anilines is 2. The highest BCUT2D eigenvalue weighted by molar-refractivity contribution is 5.61. The van der Waals surface area contributed by atoms with Gasteiger partial charge in [-0.2, -0.15) is 5.10 Å². The maximum Gasteiger partial charge on any atom is 0.173 e. The molecule has 1 rings (SSSR count). The zero-order chi connectivity index (χ0) is 9.84. The van der Waals surface area contributed by atoms with E-state index in [2.05, 4.69) is 16.9 Å². The van der Waals surface area contributed by atoms with E-state index < -0.39 is 0 Å². The fourth-order valence-corrected chi connectivity index (χ4v) is 1.29. The summed E-state index contributed by atoms with van der Waals surface area (Å²) in [6.45, 7) is 3.19. The molecular weight excluding hydrogens is 164 g/mol. The number of aromatic nitrogens is 2. The van der Waals surface area contributed by atoms with E-state index >= 15 is 0 Å². The lowest BCUT2D eigenvalue weighted by Crippen LogP contribution is -2.19. The van der Waals surface area contributed by atoms with Gasteiger partial charge in [-0.25, -0.2) is 0 Å². The lowest BCUT2D eigenvalue weighted by atomic mass is 10.3. The first-order valence-corrected chi connectivity index (χ1v) is 4.65. The van der Waals surface area contributed by atoms with Crippen LogP contribution in [0.15, 0.2) is 6.20 Å². The SMILES string of the molecule is CCCCN(C)c1nn(C)cc1N. The highest BCUT2D eigenvalue weighted by Gasteiger charge is 2.08. The first kappa shape index (κ1) is 9.89. The third-order valence-electron chi connectivity index (χ3n) is 2.05. The Labute approximate surface area is 79.3 Å². The minimum atomic E-state index is 0.751. The van der Waals surface area contributed by atoms with Gasteiger partial charge in [0.1, 0.15) is 0 Å². The van der Waals surface area contributed by atoms with Gasteiger partial charge in [0.05, 0.1) is 5.69 Å². The molecule has 4 nitrogen and oxygen atoms in total. The van der Waals surface area contributed by atoms with E-state index in [4.69, 9.17) is 5.73 Å². The molecule has 2 N–H and O–H groups in total. The van der Waals surface area contributed by atoms with Crippen LogP contribution < -0.4 is 10.6 Å². The van der Waals surface area contributed by atoms with Gasteiger partial charge in [0.2, 0.25) is 0 Å². The first-order valence-electron chi connectivity index (χ1n) is 4.65. The van der Waals surface area contributed by atoms with E-state index in [1.807, 2.05) is 20.3 Å². The van der Waals surface area contributed by atoms with Crippen LogP contribution in [0.1, 0.15) is 19.8 Å². The quantitative estimate of drug-likeness (QED) is 0.762. The fourth-order valence-electron chi connectivity index (χ4n) is 1.29. The molecule has 0 amide bonds. The van der Waals surface area contributed by atoms with E-state index in [1.54, 1.807) is 4.68 Å². The van der Waals surface area contributed by atoms with Gasteiger partial charge in [-0.3, -0.25) is 4.68 Å². The minimum absolute atomic E-state index is 0.751. The van der Waals surface area contributed by atoms with Gasteiger partial charge in [0.25, 0.3) is 0 Å². The Kier molecular flexibility index (Phi) is 3.17. The van der Waals surface area contributed by atoms with E-state index in [0.717, 1.165) is 18.1 Å². The molecule has 0 radical (unpaired) electrons. The first-order chi connectivity index (χ1) is 6.15. The second kappa shape index (κ2) is 4.16. The molecule has 0 unspecified atom stereocenters. The Hall–Kier alpha value is -1.19. The molecule has 1 aromatic heterocycles. The van der Waals surface area contributed by atoms with Crippen molar-refractivity contribution in [3.05, 3.63) is 6.20 Å². The summed E-state index contributed by atoms with van der Waals surface area (Å²) in [6.07, 6.45) is 4.20. The molecule has 74 valence electrons. The number of hydrogen-bond acceptors (Lipinski definition) is 3. The summed E-state index contributed by atoms with van der Waals surface area (Å²) in [6, 6.07) is 0. The molecule has 1 aromatic rings. The van der Waals surface area contributed by atoms with Crippen molar-refractivity contribution in [2.75, 3.05) is 24.2 Å². The number of hydrogen-bond donors (Lipinski definition) is 1. The molecule has 0 saturated carbocycles. The molecule has 0 atom stereocenters. The van der Waals surface area contributed by atoms with Gasteiger partial charge in [0, 0.05) is 26.8 Å². The minimum Gasteiger partial charge on any atom is -0.394 e. The number of nitrogens with zero attached hydrogens (tertiary/aromatic N) is 3. The average Bonchev–Trinajstić information content (AvgIpc) is 2.41. The zero-order valence-corrected chi connectivity index (χ0v) is 8.62. The summed E-state index contributed by atoms with van der Waals surface area (Å²) >= 11 is 0. The molecule has 0 aliphatic carbocycles. The summed E-state index contributed by atoms with van der Waals surface area (Å²) in [4.78, 5) is 2.10. The molecule has 0 aromatic carbocycles. The van der Waals surface area contributed by atoms with Crippen molar-refractivity contribution < 1.29 is 0 Å². The van der Waals surface area contributed by atoms with Crippen molar-refractivity contribution in [2.45, 2.75) is 19.8 Å². The van der Waals surface area contributed by atoms with Crippen LogP contribution in [0.5, 0.6) is 0 Å². The normalized spacial score (nSPS) is 10.4. The predicted octanol–water partition coefficient (Wildman–Crippen LogP) is 1.24. The van der Waals surface area contributed by atoms with Gasteiger partial charge >= 0.3 is 0 Å². The van der Waals surface area contributed by atoms with Crippen molar-refractivity contribution in [3.8, 4) is 0 Å². The lowest BCUT2D eigenvalue weighted by molar-refractivity contribution is 0.727. The summed E-state index contributed by atoms with van der Waals surface area (Å²) in [7, 11) is 3.90.